The Morgan fingerprint density at radius 2 is 1.90 bits per heavy atom. The van der Waals surface area contributed by atoms with Crippen LogP contribution in [0.4, 0.5) is 4.39 Å². The maximum Gasteiger partial charge on any atom is 0.185 e. The molecule has 2 heterocycles. The van der Waals surface area contributed by atoms with Crippen LogP contribution in [-0.4, -0.2) is 33.4 Å². The van der Waals surface area contributed by atoms with Crippen molar-refractivity contribution >= 4 is 17.3 Å². The minimum Gasteiger partial charge on any atom is -0.333 e. The summed E-state index contributed by atoms with van der Waals surface area (Å²) in [4.78, 5) is 0. The lowest BCUT2D eigenvalue weighted by molar-refractivity contribution is 0.625. The van der Waals surface area contributed by atoms with Crippen LogP contribution in [0.15, 0.2) is 49.1 Å². The molecule has 0 unspecified atom stereocenters. The predicted octanol–water partition coefficient (Wildman–Crippen LogP) is 3.24. The molecule has 7 heteroatoms. The first-order valence-electron chi connectivity index (χ1n) is 9.21. The molecule has 0 aliphatic heterocycles. The van der Waals surface area contributed by atoms with Crippen LogP contribution in [0.5, 0.6) is 0 Å². The Hall–Kier alpha value is -3.16. The van der Waals surface area contributed by atoms with E-state index in [1.807, 2.05) is 19.9 Å². The van der Waals surface area contributed by atoms with Crippen LogP contribution in [0, 0.1) is 19.7 Å². The lowest BCUT2D eigenvalue weighted by Crippen LogP contribution is -2.11. The van der Waals surface area contributed by atoms with Gasteiger partial charge in [0.1, 0.15) is 5.82 Å². The average molecular weight is 394 g/mol. The minimum atomic E-state index is -0.246. The second kappa shape index (κ2) is 9.86. The summed E-state index contributed by atoms with van der Waals surface area (Å²) in [6.07, 6.45) is 4.07. The molecule has 29 heavy (non-hydrogen) atoms. The summed E-state index contributed by atoms with van der Waals surface area (Å²) in [6.45, 7) is 11.9. The second-order valence-electron chi connectivity index (χ2n) is 6.34. The Labute approximate surface area is 170 Å². The Morgan fingerprint density at radius 3 is 2.48 bits per heavy atom. The van der Waals surface area contributed by atoms with Crippen LogP contribution in [0.1, 0.15) is 28.2 Å². The molecule has 0 saturated heterocycles. The number of aryl methyl sites for hydroxylation is 2. The van der Waals surface area contributed by atoms with Gasteiger partial charge in [-0.15, -0.1) is 10.2 Å². The van der Waals surface area contributed by atoms with Crippen LogP contribution < -0.4 is 11.5 Å². The zero-order valence-corrected chi connectivity index (χ0v) is 17.1. The quantitative estimate of drug-likeness (QED) is 0.626. The van der Waals surface area contributed by atoms with Crippen LogP contribution in [0.2, 0.25) is 0 Å². The highest BCUT2D eigenvalue weighted by Gasteiger charge is 2.14. The number of hydrogen-bond acceptors (Lipinski definition) is 5. The molecule has 0 amide bonds. The van der Waals surface area contributed by atoms with E-state index in [0.29, 0.717) is 24.4 Å². The zero-order valence-electron chi connectivity index (χ0n) is 17.1. The normalized spacial score (nSPS) is 11.5. The number of fused-ring (bicyclic) bond motifs is 1. The Morgan fingerprint density at radius 1 is 1.17 bits per heavy atom. The third-order valence-electron chi connectivity index (χ3n) is 4.59. The second-order valence-corrected chi connectivity index (χ2v) is 6.34. The molecule has 152 valence electrons. The van der Waals surface area contributed by atoms with Gasteiger partial charge in [-0.1, -0.05) is 31.4 Å². The van der Waals surface area contributed by atoms with E-state index in [9.17, 15) is 4.39 Å². The molecule has 0 spiro atoms. The van der Waals surface area contributed by atoms with E-state index in [0.717, 1.165) is 33.5 Å². The van der Waals surface area contributed by atoms with Gasteiger partial charge in [0, 0.05) is 17.7 Å². The molecule has 0 radical (unpaired) electrons. The van der Waals surface area contributed by atoms with Crippen molar-refractivity contribution < 1.29 is 4.39 Å². The van der Waals surface area contributed by atoms with E-state index < -0.39 is 0 Å². The third kappa shape index (κ3) is 4.64. The molecule has 3 aromatic rings. The van der Waals surface area contributed by atoms with Gasteiger partial charge in [-0.05, 0) is 62.2 Å². The lowest BCUT2D eigenvalue weighted by Gasteiger charge is -2.14. The average Bonchev–Trinajstić information content (AvgIpc) is 3.11. The number of hydrogen-bond donors (Lipinski definition) is 2. The number of rotatable bonds is 6. The molecule has 6 nitrogen and oxygen atoms in total. The van der Waals surface area contributed by atoms with Gasteiger partial charge >= 0.3 is 0 Å². The number of benzene rings is 1. The summed E-state index contributed by atoms with van der Waals surface area (Å²) in [7, 11) is 1.50. The van der Waals surface area contributed by atoms with Crippen molar-refractivity contribution in [1.29, 1.82) is 0 Å². The smallest absolute Gasteiger partial charge is 0.185 e. The molecule has 0 saturated carbocycles. The third-order valence-corrected chi connectivity index (χ3v) is 4.59. The summed E-state index contributed by atoms with van der Waals surface area (Å²) in [6, 6.07) is 6.68. The zero-order chi connectivity index (χ0) is 21.6. The fourth-order valence-electron chi connectivity index (χ4n) is 3.08. The van der Waals surface area contributed by atoms with E-state index >= 15 is 0 Å². The molecule has 1 aromatic carbocycles. The Bertz CT molecular complexity index is 1060. The van der Waals surface area contributed by atoms with E-state index in [-0.39, 0.29) is 5.82 Å². The van der Waals surface area contributed by atoms with Crippen molar-refractivity contribution in [2.45, 2.75) is 20.3 Å². The number of nitrogens with two attached hydrogens (primary N) is 2. The van der Waals surface area contributed by atoms with Crippen LogP contribution in [0.25, 0.3) is 17.3 Å². The first kappa shape index (κ1) is 22.1. The standard InChI is InChI=1S/C21H22FN5.CH5N/c1-5-15-11-20(26-27-14(4)24-25-21(15)27)19(6-2)17(12-23)10-16-7-8-18(22)9-13(16)3;1-2/h5-9,11H,1-2,10,12,23H2,3-4H3;2H2,1H3/b19-17+;. The molecule has 0 aliphatic carbocycles. The van der Waals surface area contributed by atoms with Gasteiger partial charge in [-0.3, -0.25) is 0 Å². The van der Waals surface area contributed by atoms with Crippen LogP contribution in [0.3, 0.4) is 0 Å². The van der Waals surface area contributed by atoms with Gasteiger partial charge in [0.25, 0.3) is 0 Å². The van der Waals surface area contributed by atoms with Gasteiger partial charge < -0.3 is 11.5 Å². The summed E-state index contributed by atoms with van der Waals surface area (Å²) in [5, 5.41) is 12.9. The summed E-state index contributed by atoms with van der Waals surface area (Å²) >= 11 is 0. The fourth-order valence-corrected chi connectivity index (χ4v) is 3.08. The number of allylic oxidation sites excluding steroid dienone is 2. The number of nitrogens with zero attached hydrogens (tertiary/aromatic N) is 4. The van der Waals surface area contributed by atoms with E-state index in [4.69, 9.17) is 5.73 Å². The van der Waals surface area contributed by atoms with Crippen molar-refractivity contribution in [3.05, 3.63) is 83.1 Å². The monoisotopic (exact) mass is 394 g/mol. The highest BCUT2D eigenvalue weighted by Crippen LogP contribution is 2.24. The molecule has 2 aromatic heterocycles. The Kier molecular flexibility index (Phi) is 7.52. The van der Waals surface area contributed by atoms with Gasteiger partial charge in [0.05, 0.1) is 5.69 Å². The topological polar surface area (TPSA) is 95.1 Å². The first-order valence-corrected chi connectivity index (χ1v) is 9.21. The molecule has 4 N–H and O–H groups in total. The summed E-state index contributed by atoms with van der Waals surface area (Å²) < 4.78 is 15.1. The molecule has 0 aliphatic rings. The Balaban J connectivity index is 0.00000145. The SMILES string of the molecule is C=C/C(=C(\CN)Cc1ccc(F)cc1C)c1cc(C=C)c2nnc(C)n2n1.CN. The summed E-state index contributed by atoms with van der Waals surface area (Å²) in [5.41, 5.74) is 16.5. The molecular formula is C22H27FN6. The molecule has 3 rings (SSSR count). The summed E-state index contributed by atoms with van der Waals surface area (Å²) in [5.74, 6) is 0.436. The van der Waals surface area contributed by atoms with Crippen molar-refractivity contribution in [3.8, 4) is 0 Å². The molecule has 0 bridgehead atoms. The fraction of sp³-hybridized carbons (Fsp3) is 0.227. The first-order chi connectivity index (χ1) is 14.0. The molecular weight excluding hydrogens is 367 g/mol. The van der Waals surface area contributed by atoms with Gasteiger partial charge in [0.2, 0.25) is 0 Å². The number of aromatic nitrogens is 4. The maximum atomic E-state index is 13.4. The van der Waals surface area contributed by atoms with Crippen molar-refractivity contribution in [2.75, 3.05) is 13.6 Å². The lowest BCUT2D eigenvalue weighted by atomic mass is 9.95. The van der Waals surface area contributed by atoms with E-state index in [1.54, 1.807) is 22.7 Å². The maximum absolute atomic E-state index is 13.4. The van der Waals surface area contributed by atoms with Crippen LogP contribution in [-0.2, 0) is 6.42 Å². The minimum absolute atomic E-state index is 0.246. The van der Waals surface area contributed by atoms with Gasteiger partial charge in [0.15, 0.2) is 11.5 Å². The largest absolute Gasteiger partial charge is 0.333 e. The number of halogens is 1. The molecule has 0 atom stereocenters. The highest BCUT2D eigenvalue weighted by atomic mass is 19.1. The highest BCUT2D eigenvalue weighted by molar-refractivity contribution is 5.77. The molecule has 0 fully saturated rings. The van der Waals surface area contributed by atoms with Gasteiger partial charge in [-0.25, -0.2) is 4.39 Å². The van der Waals surface area contributed by atoms with Crippen molar-refractivity contribution in [1.82, 2.24) is 19.8 Å². The van der Waals surface area contributed by atoms with Gasteiger partial charge in [-0.2, -0.15) is 9.61 Å². The van der Waals surface area contributed by atoms with E-state index in [1.165, 1.54) is 19.2 Å². The van der Waals surface area contributed by atoms with E-state index in [2.05, 4.69) is 34.2 Å². The van der Waals surface area contributed by atoms with Crippen molar-refractivity contribution in [3.63, 3.8) is 0 Å². The van der Waals surface area contributed by atoms with Crippen molar-refractivity contribution in [2.24, 2.45) is 11.5 Å². The van der Waals surface area contributed by atoms with Crippen LogP contribution >= 0.6 is 0 Å². The predicted molar refractivity (Wildman–Crippen MR) is 117 cm³/mol.